The average molecular weight is 339 g/mol. The average Bonchev–Trinajstić information content (AvgIpc) is 2.69. The normalized spacial score (nSPS) is 10.8. The molecular weight excluding hydrogens is 318 g/mol. The molecule has 1 aromatic heterocycles. The smallest absolute Gasteiger partial charge is 0.133 e. The Hall–Kier alpha value is -3.13. The van der Waals surface area contributed by atoms with Crippen LogP contribution in [0.25, 0.3) is 10.8 Å². The number of para-hydroxylation sites is 1. The fourth-order valence-electron chi connectivity index (χ4n) is 3.18. The zero-order valence-electron chi connectivity index (χ0n) is 14.9. The van der Waals surface area contributed by atoms with E-state index in [4.69, 9.17) is 4.74 Å². The summed E-state index contributed by atoms with van der Waals surface area (Å²) in [6, 6.07) is 27.0. The Labute approximate surface area is 154 Å². The molecule has 0 bridgehead atoms. The molecule has 4 aromatic rings. The van der Waals surface area contributed by atoms with E-state index >= 15 is 0 Å². The standard InChI is InChI=1S/C24H21NO/c1-18-17-25-21(16-24(18)26-22-11-3-2-4-12-22)15-14-20-10-7-9-19-8-5-6-13-23(19)20/h2-13,16-17H,14-15H2,1H3. The maximum atomic E-state index is 6.03. The largest absolute Gasteiger partial charge is 0.457 e. The Kier molecular flexibility index (Phi) is 4.65. The molecule has 0 saturated carbocycles. The van der Waals surface area contributed by atoms with Gasteiger partial charge in [0.15, 0.2) is 0 Å². The first kappa shape index (κ1) is 16.3. The van der Waals surface area contributed by atoms with Crippen LogP contribution in [0.5, 0.6) is 11.5 Å². The second-order valence-electron chi connectivity index (χ2n) is 6.49. The number of rotatable bonds is 5. The quantitative estimate of drug-likeness (QED) is 0.437. The monoisotopic (exact) mass is 339 g/mol. The van der Waals surface area contributed by atoms with Crippen LogP contribution in [0.1, 0.15) is 16.8 Å². The highest BCUT2D eigenvalue weighted by Gasteiger charge is 2.06. The van der Waals surface area contributed by atoms with Crippen molar-refractivity contribution in [3.05, 3.63) is 102 Å². The van der Waals surface area contributed by atoms with E-state index in [1.54, 1.807) is 0 Å². The van der Waals surface area contributed by atoms with E-state index in [1.165, 1.54) is 16.3 Å². The molecule has 0 atom stereocenters. The molecule has 26 heavy (non-hydrogen) atoms. The molecule has 2 heteroatoms. The highest BCUT2D eigenvalue weighted by atomic mass is 16.5. The van der Waals surface area contributed by atoms with Crippen LogP contribution in [-0.4, -0.2) is 4.98 Å². The van der Waals surface area contributed by atoms with Crippen LogP contribution < -0.4 is 4.74 Å². The topological polar surface area (TPSA) is 22.1 Å². The second kappa shape index (κ2) is 7.40. The highest BCUT2D eigenvalue weighted by molar-refractivity contribution is 5.85. The third-order valence-electron chi connectivity index (χ3n) is 4.61. The Balaban J connectivity index is 1.54. The third-order valence-corrected chi connectivity index (χ3v) is 4.61. The number of fused-ring (bicyclic) bond motifs is 1. The first-order valence-electron chi connectivity index (χ1n) is 8.95. The van der Waals surface area contributed by atoms with Crippen LogP contribution in [0.3, 0.4) is 0 Å². The van der Waals surface area contributed by atoms with Crippen LogP contribution >= 0.6 is 0 Å². The van der Waals surface area contributed by atoms with Crippen LogP contribution in [0.2, 0.25) is 0 Å². The number of ether oxygens (including phenoxy) is 1. The molecule has 128 valence electrons. The lowest BCUT2D eigenvalue weighted by atomic mass is 10.00. The van der Waals surface area contributed by atoms with Crippen LogP contribution in [0.15, 0.2) is 85.1 Å². The number of pyridine rings is 1. The van der Waals surface area contributed by atoms with Gasteiger partial charge in [-0.3, -0.25) is 4.98 Å². The lowest BCUT2D eigenvalue weighted by Gasteiger charge is -2.11. The Morgan fingerprint density at radius 1 is 0.808 bits per heavy atom. The molecule has 0 fully saturated rings. The molecule has 3 aromatic carbocycles. The maximum Gasteiger partial charge on any atom is 0.133 e. The minimum Gasteiger partial charge on any atom is -0.457 e. The van der Waals surface area contributed by atoms with Gasteiger partial charge in [-0.15, -0.1) is 0 Å². The summed E-state index contributed by atoms with van der Waals surface area (Å²) in [6.45, 7) is 2.03. The summed E-state index contributed by atoms with van der Waals surface area (Å²) in [6.07, 6.45) is 3.75. The van der Waals surface area contributed by atoms with Gasteiger partial charge in [-0.05, 0) is 48.2 Å². The molecule has 1 heterocycles. The molecule has 0 spiro atoms. The predicted molar refractivity (Wildman–Crippen MR) is 107 cm³/mol. The third kappa shape index (κ3) is 3.60. The van der Waals surface area contributed by atoms with Gasteiger partial charge in [0.05, 0.1) is 0 Å². The van der Waals surface area contributed by atoms with Gasteiger partial charge in [0.25, 0.3) is 0 Å². The summed E-state index contributed by atoms with van der Waals surface area (Å²) in [4.78, 5) is 4.60. The van der Waals surface area contributed by atoms with Gasteiger partial charge < -0.3 is 4.74 Å². The van der Waals surface area contributed by atoms with Crippen molar-refractivity contribution in [2.75, 3.05) is 0 Å². The molecule has 0 saturated heterocycles. The first-order chi connectivity index (χ1) is 12.8. The number of aryl methyl sites for hydroxylation is 3. The summed E-state index contributed by atoms with van der Waals surface area (Å²) >= 11 is 0. The van der Waals surface area contributed by atoms with Gasteiger partial charge in [-0.2, -0.15) is 0 Å². The Morgan fingerprint density at radius 2 is 1.58 bits per heavy atom. The number of nitrogens with zero attached hydrogens (tertiary/aromatic N) is 1. The van der Waals surface area contributed by atoms with E-state index in [0.717, 1.165) is 35.6 Å². The van der Waals surface area contributed by atoms with Gasteiger partial charge in [0, 0.05) is 23.5 Å². The van der Waals surface area contributed by atoms with E-state index in [2.05, 4.69) is 53.5 Å². The van der Waals surface area contributed by atoms with Crippen LogP contribution in [0.4, 0.5) is 0 Å². The SMILES string of the molecule is Cc1cnc(CCc2cccc3ccccc23)cc1Oc1ccccc1. The Morgan fingerprint density at radius 3 is 2.46 bits per heavy atom. The summed E-state index contributed by atoms with van der Waals surface area (Å²) < 4.78 is 6.03. The minimum absolute atomic E-state index is 0.849. The van der Waals surface area contributed by atoms with E-state index in [9.17, 15) is 0 Å². The molecular formula is C24H21NO. The van der Waals surface area contributed by atoms with E-state index < -0.39 is 0 Å². The molecule has 2 nitrogen and oxygen atoms in total. The van der Waals surface area contributed by atoms with Crippen molar-refractivity contribution >= 4 is 10.8 Å². The molecule has 0 aliphatic rings. The summed E-state index contributed by atoms with van der Waals surface area (Å²) in [5, 5.41) is 2.61. The Bertz CT molecular complexity index is 1020. The van der Waals surface area contributed by atoms with Crippen molar-refractivity contribution < 1.29 is 4.74 Å². The zero-order valence-corrected chi connectivity index (χ0v) is 14.9. The van der Waals surface area contributed by atoms with Gasteiger partial charge in [-0.25, -0.2) is 0 Å². The van der Waals surface area contributed by atoms with Crippen molar-refractivity contribution in [2.24, 2.45) is 0 Å². The molecule has 0 N–H and O–H groups in total. The summed E-state index contributed by atoms with van der Waals surface area (Å²) in [5.74, 6) is 1.72. The van der Waals surface area contributed by atoms with Gasteiger partial charge in [0.2, 0.25) is 0 Å². The second-order valence-corrected chi connectivity index (χ2v) is 6.49. The van der Waals surface area contributed by atoms with Crippen molar-refractivity contribution in [1.82, 2.24) is 4.98 Å². The highest BCUT2D eigenvalue weighted by Crippen LogP contribution is 2.26. The van der Waals surface area contributed by atoms with Gasteiger partial charge >= 0.3 is 0 Å². The lowest BCUT2D eigenvalue weighted by Crippen LogP contribution is -1.98. The van der Waals surface area contributed by atoms with Crippen molar-refractivity contribution in [3.63, 3.8) is 0 Å². The molecule has 0 aliphatic carbocycles. The number of benzene rings is 3. The van der Waals surface area contributed by atoms with Crippen LogP contribution in [0, 0.1) is 6.92 Å². The summed E-state index contributed by atoms with van der Waals surface area (Å²) in [7, 11) is 0. The zero-order chi connectivity index (χ0) is 17.8. The van der Waals surface area contributed by atoms with Gasteiger partial charge in [-0.1, -0.05) is 60.7 Å². The maximum absolute atomic E-state index is 6.03. The molecule has 4 rings (SSSR count). The number of hydrogen-bond acceptors (Lipinski definition) is 2. The van der Waals surface area contributed by atoms with E-state index in [0.29, 0.717) is 0 Å². The first-order valence-corrected chi connectivity index (χ1v) is 8.95. The van der Waals surface area contributed by atoms with E-state index in [1.807, 2.05) is 43.5 Å². The number of aromatic nitrogens is 1. The molecule has 0 aliphatic heterocycles. The molecule has 0 unspecified atom stereocenters. The van der Waals surface area contributed by atoms with Crippen molar-refractivity contribution in [3.8, 4) is 11.5 Å². The van der Waals surface area contributed by atoms with Crippen LogP contribution in [-0.2, 0) is 12.8 Å². The van der Waals surface area contributed by atoms with E-state index in [-0.39, 0.29) is 0 Å². The predicted octanol–water partition coefficient (Wildman–Crippen LogP) is 6.12. The van der Waals surface area contributed by atoms with Gasteiger partial charge in [0.1, 0.15) is 11.5 Å². The number of hydrogen-bond donors (Lipinski definition) is 0. The molecule has 0 radical (unpaired) electrons. The fraction of sp³-hybridized carbons (Fsp3) is 0.125. The van der Waals surface area contributed by atoms with Crippen molar-refractivity contribution in [2.45, 2.75) is 19.8 Å². The lowest BCUT2D eigenvalue weighted by molar-refractivity contribution is 0.477. The molecule has 0 amide bonds. The summed E-state index contributed by atoms with van der Waals surface area (Å²) in [5.41, 5.74) is 3.45. The fourth-order valence-corrected chi connectivity index (χ4v) is 3.18. The minimum atomic E-state index is 0.849. The van der Waals surface area contributed by atoms with Crippen molar-refractivity contribution in [1.29, 1.82) is 0 Å².